The lowest BCUT2D eigenvalue weighted by Crippen LogP contribution is -2.20. The van der Waals surface area contributed by atoms with Crippen LogP contribution in [0, 0.1) is 11.8 Å². The Morgan fingerprint density at radius 3 is 3.12 bits per heavy atom. The molecule has 0 unspecified atom stereocenters. The molecule has 2 nitrogen and oxygen atoms in total. The Morgan fingerprint density at radius 1 is 1.44 bits per heavy atom. The van der Waals surface area contributed by atoms with Crippen molar-refractivity contribution in [1.82, 2.24) is 5.32 Å². The normalized spacial score (nSPS) is 9.56. The van der Waals surface area contributed by atoms with Gasteiger partial charge in [-0.3, -0.25) is 4.79 Å². The van der Waals surface area contributed by atoms with Crippen molar-refractivity contribution in [1.29, 1.82) is 0 Å². The van der Waals surface area contributed by atoms with Crippen LogP contribution in [-0.4, -0.2) is 5.91 Å². The van der Waals surface area contributed by atoms with Crippen LogP contribution in [0.25, 0.3) is 10.1 Å². The van der Waals surface area contributed by atoms with Gasteiger partial charge in [0.05, 0.1) is 0 Å². The van der Waals surface area contributed by atoms with Gasteiger partial charge >= 0.3 is 0 Å². The molecular weight excluding hydrogens is 218 g/mol. The smallest absolute Gasteiger partial charge is 0.296 e. The minimum absolute atomic E-state index is 0.226. The number of thiophene rings is 1. The molecule has 0 saturated carbocycles. The number of hydrogen-bond donors (Lipinski definition) is 1. The van der Waals surface area contributed by atoms with Crippen molar-refractivity contribution in [2.75, 3.05) is 0 Å². The van der Waals surface area contributed by atoms with Crippen molar-refractivity contribution >= 4 is 27.3 Å². The Kier molecular flexibility index (Phi) is 3.23. The molecule has 0 saturated heterocycles. The lowest BCUT2D eigenvalue weighted by Gasteiger charge is -2.02. The standard InChI is InChI=1S/C13H11NOS/c1-2-4-12(15)14-9-11-6-3-5-10-7-8-16-13(10)11/h3,5-8H,9H2,1H3,(H,14,15). The van der Waals surface area contributed by atoms with E-state index in [1.165, 1.54) is 10.1 Å². The van der Waals surface area contributed by atoms with Gasteiger partial charge in [-0.25, -0.2) is 0 Å². The number of fused-ring (bicyclic) bond motifs is 1. The number of rotatable bonds is 2. The Bertz CT molecular complexity index is 574. The second-order valence-corrected chi connectivity index (χ2v) is 4.23. The molecule has 1 amide bonds. The maximum absolute atomic E-state index is 11.2. The topological polar surface area (TPSA) is 29.1 Å². The van der Waals surface area contributed by atoms with E-state index in [9.17, 15) is 4.79 Å². The van der Waals surface area contributed by atoms with Crippen LogP contribution in [0.5, 0.6) is 0 Å². The van der Waals surface area contributed by atoms with Crippen LogP contribution in [0.2, 0.25) is 0 Å². The first-order valence-corrected chi connectivity index (χ1v) is 5.85. The molecular formula is C13H11NOS. The fraction of sp³-hybridized carbons (Fsp3) is 0.154. The molecule has 0 aliphatic rings. The van der Waals surface area contributed by atoms with Gasteiger partial charge < -0.3 is 5.32 Å². The highest BCUT2D eigenvalue weighted by atomic mass is 32.1. The molecule has 0 spiro atoms. The molecule has 0 bridgehead atoms. The maximum Gasteiger partial charge on any atom is 0.296 e. The molecule has 1 aromatic heterocycles. The van der Waals surface area contributed by atoms with Crippen molar-refractivity contribution in [2.45, 2.75) is 13.5 Å². The van der Waals surface area contributed by atoms with Crippen LogP contribution >= 0.6 is 11.3 Å². The molecule has 2 rings (SSSR count). The summed E-state index contributed by atoms with van der Waals surface area (Å²) < 4.78 is 1.23. The molecule has 1 heterocycles. The van der Waals surface area contributed by atoms with E-state index < -0.39 is 0 Å². The first-order valence-electron chi connectivity index (χ1n) is 4.97. The van der Waals surface area contributed by atoms with E-state index in [0.29, 0.717) is 6.54 Å². The van der Waals surface area contributed by atoms with Gasteiger partial charge in [0.15, 0.2) is 0 Å². The average Bonchev–Trinajstić information content (AvgIpc) is 2.75. The molecule has 1 aromatic carbocycles. The Labute approximate surface area is 98.3 Å². The van der Waals surface area contributed by atoms with E-state index in [0.717, 1.165) is 5.56 Å². The van der Waals surface area contributed by atoms with Crippen molar-refractivity contribution in [3.8, 4) is 11.8 Å². The van der Waals surface area contributed by atoms with Gasteiger partial charge in [0.25, 0.3) is 5.91 Å². The van der Waals surface area contributed by atoms with Crippen LogP contribution in [-0.2, 0) is 11.3 Å². The largest absolute Gasteiger partial charge is 0.341 e. The third-order valence-electron chi connectivity index (χ3n) is 2.24. The molecule has 0 aliphatic heterocycles. The SMILES string of the molecule is CC#CC(=O)NCc1cccc2ccsc12. The number of amides is 1. The Hall–Kier alpha value is -1.79. The summed E-state index contributed by atoms with van der Waals surface area (Å²) in [5.41, 5.74) is 1.14. The van der Waals surface area contributed by atoms with E-state index in [4.69, 9.17) is 0 Å². The highest BCUT2D eigenvalue weighted by molar-refractivity contribution is 7.17. The van der Waals surface area contributed by atoms with Gasteiger partial charge in [-0.2, -0.15) is 0 Å². The number of carbonyl (C=O) groups excluding carboxylic acids is 1. The molecule has 3 heteroatoms. The summed E-state index contributed by atoms with van der Waals surface area (Å²) in [4.78, 5) is 11.2. The first kappa shape index (κ1) is 10.7. The zero-order valence-corrected chi connectivity index (χ0v) is 9.73. The fourth-order valence-corrected chi connectivity index (χ4v) is 2.44. The number of nitrogens with one attached hydrogen (secondary N) is 1. The highest BCUT2D eigenvalue weighted by Crippen LogP contribution is 2.24. The molecule has 2 aromatic rings. The molecule has 80 valence electrons. The molecule has 0 aliphatic carbocycles. The molecule has 16 heavy (non-hydrogen) atoms. The minimum Gasteiger partial charge on any atom is -0.341 e. The quantitative estimate of drug-likeness (QED) is 0.788. The van der Waals surface area contributed by atoms with E-state index in [-0.39, 0.29) is 5.91 Å². The summed E-state index contributed by atoms with van der Waals surface area (Å²) in [5.74, 6) is 4.81. The van der Waals surface area contributed by atoms with E-state index in [1.54, 1.807) is 18.3 Å². The van der Waals surface area contributed by atoms with Crippen LogP contribution in [0.4, 0.5) is 0 Å². The molecule has 0 atom stereocenters. The summed E-state index contributed by atoms with van der Waals surface area (Å²) in [6.07, 6.45) is 0. The molecule has 1 N–H and O–H groups in total. The van der Waals surface area contributed by atoms with Gasteiger partial charge in [0, 0.05) is 11.2 Å². The zero-order chi connectivity index (χ0) is 11.4. The van der Waals surface area contributed by atoms with Gasteiger partial charge in [0.1, 0.15) is 0 Å². The van der Waals surface area contributed by atoms with Crippen LogP contribution in [0.3, 0.4) is 0 Å². The van der Waals surface area contributed by atoms with Gasteiger partial charge in [0.2, 0.25) is 0 Å². The van der Waals surface area contributed by atoms with Crippen molar-refractivity contribution in [3.05, 3.63) is 35.2 Å². The van der Waals surface area contributed by atoms with Crippen LogP contribution in [0.1, 0.15) is 12.5 Å². The van der Waals surface area contributed by atoms with Crippen LogP contribution in [0.15, 0.2) is 29.6 Å². The summed E-state index contributed by atoms with van der Waals surface area (Å²) in [7, 11) is 0. The number of benzene rings is 1. The minimum atomic E-state index is -0.226. The number of carbonyl (C=O) groups is 1. The molecule has 0 radical (unpaired) electrons. The summed E-state index contributed by atoms with van der Waals surface area (Å²) in [6, 6.07) is 8.18. The predicted molar refractivity (Wildman–Crippen MR) is 67.1 cm³/mol. The summed E-state index contributed by atoms with van der Waals surface area (Å²) in [5, 5.41) is 6.05. The van der Waals surface area contributed by atoms with Crippen LogP contribution < -0.4 is 5.32 Å². The highest BCUT2D eigenvalue weighted by Gasteiger charge is 2.02. The van der Waals surface area contributed by atoms with E-state index >= 15 is 0 Å². The summed E-state index contributed by atoms with van der Waals surface area (Å²) in [6.45, 7) is 2.19. The average molecular weight is 229 g/mol. The zero-order valence-electron chi connectivity index (χ0n) is 8.91. The van der Waals surface area contributed by atoms with Crippen molar-refractivity contribution < 1.29 is 4.79 Å². The second-order valence-electron chi connectivity index (χ2n) is 3.31. The monoisotopic (exact) mass is 229 g/mol. The van der Waals surface area contributed by atoms with Gasteiger partial charge in [-0.15, -0.1) is 11.3 Å². The first-order chi connectivity index (χ1) is 7.81. The van der Waals surface area contributed by atoms with Crippen molar-refractivity contribution in [3.63, 3.8) is 0 Å². The van der Waals surface area contributed by atoms with E-state index in [1.807, 2.05) is 12.1 Å². The Morgan fingerprint density at radius 2 is 2.31 bits per heavy atom. The Balaban J connectivity index is 2.17. The fourth-order valence-electron chi connectivity index (χ4n) is 1.53. The lowest BCUT2D eigenvalue weighted by molar-refractivity contribution is -0.115. The third-order valence-corrected chi connectivity index (χ3v) is 3.24. The van der Waals surface area contributed by atoms with Gasteiger partial charge in [-0.05, 0) is 35.2 Å². The lowest BCUT2D eigenvalue weighted by atomic mass is 10.1. The maximum atomic E-state index is 11.2. The number of hydrogen-bond acceptors (Lipinski definition) is 2. The third kappa shape index (κ3) is 2.23. The van der Waals surface area contributed by atoms with Gasteiger partial charge in [-0.1, -0.05) is 24.1 Å². The predicted octanol–water partition coefficient (Wildman–Crippen LogP) is 2.54. The second kappa shape index (κ2) is 4.82. The summed E-state index contributed by atoms with van der Waals surface area (Å²) >= 11 is 1.69. The van der Waals surface area contributed by atoms with Crippen molar-refractivity contribution in [2.24, 2.45) is 0 Å². The van der Waals surface area contributed by atoms with E-state index in [2.05, 4.69) is 34.7 Å². The molecule has 0 fully saturated rings.